The zero-order valence-corrected chi connectivity index (χ0v) is 9.34. The van der Waals surface area contributed by atoms with Crippen LogP contribution in [0, 0.1) is 0 Å². The van der Waals surface area contributed by atoms with Gasteiger partial charge in [0.1, 0.15) is 0 Å². The summed E-state index contributed by atoms with van der Waals surface area (Å²) in [5, 5.41) is 12.3. The Hall–Kier alpha value is -0.120. The Labute approximate surface area is 87.5 Å². The molecular formula is C11H24N2O. The fourth-order valence-electron chi connectivity index (χ4n) is 2.04. The molecule has 2 N–H and O–H groups in total. The summed E-state index contributed by atoms with van der Waals surface area (Å²) in [5.74, 6) is 0. The SMILES string of the molecule is CCC(CCO)NCCN1CCCC1. The first-order valence-corrected chi connectivity index (χ1v) is 5.93. The summed E-state index contributed by atoms with van der Waals surface area (Å²) in [4.78, 5) is 2.51. The summed E-state index contributed by atoms with van der Waals surface area (Å²) in [6.07, 6.45) is 4.73. The number of nitrogens with zero attached hydrogens (tertiary/aromatic N) is 1. The largest absolute Gasteiger partial charge is 0.396 e. The Morgan fingerprint density at radius 2 is 2.07 bits per heavy atom. The van der Waals surface area contributed by atoms with Crippen molar-refractivity contribution in [1.82, 2.24) is 10.2 Å². The molecule has 1 saturated heterocycles. The molecule has 0 amide bonds. The fraction of sp³-hybridized carbons (Fsp3) is 1.00. The predicted octanol–water partition coefficient (Wildman–Crippen LogP) is 0.833. The van der Waals surface area contributed by atoms with Gasteiger partial charge in [0.15, 0.2) is 0 Å². The highest BCUT2D eigenvalue weighted by Crippen LogP contribution is 2.05. The highest BCUT2D eigenvalue weighted by atomic mass is 16.3. The van der Waals surface area contributed by atoms with E-state index in [9.17, 15) is 0 Å². The van der Waals surface area contributed by atoms with Gasteiger partial charge in [0.2, 0.25) is 0 Å². The summed E-state index contributed by atoms with van der Waals surface area (Å²) in [6.45, 7) is 7.26. The van der Waals surface area contributed by atoms with Crippen LogP contribution in [-0.2, 0) is 0 Å². The quantitative estimate of drug-likeness (QED) is 0.639. The topological polar surface area (TPSA) is 35.5 Å². The summed E-state index contributed by atoms with van der Waals surface area (Å²) in [5.41, 5.74) is 0. The first kappa shape index (κ1) is 12.0. The van der Waals surface area contributed by atoms with Crippen molar-refractivity contribution in [2.45, 2.75) is 38.6 Å². The number of aliphatic hydroxyl groups excluding tert-OH is 1. The lowest BCUT2D eigenvalue weighted by atomic mass is 10.1. The standard InChI is InChI=1S/C11H24N2O/c1-2-11(5-10-14)12-6-9-13-7-3-4-8-13/h11-12,14H,2-10H2,1H3. The van der Waals surface area contributed by atoms with E-state index in [1.54, 1.807) is 0 Å². The Kier molecular flexibility index (Phi) is 6.15. The minimum Gasteiger partial charge on any atom is -0.396 e. The Balaban J connectivity index is 2.00. The van der Waals surface area contributed by atoms with Gasteiger partial charge in [0.05, 0.1) is 0 Å². The van der Waals surface area contributed by atoms with E-state index in [1.807, 2.05) is 0 Å². The van der Waals surface area contributed by atoms with E-state index < -0.39 is 0 Å². The van der Waals surface area contributed by atoms with Crippen LogP contribution in [0.25, 0.3) is 0 Å². The Bertz CT molecular complexity index is 135. The van der Waals surface area contributed by atoms with Crippen molar-refractivity contribution in [3.8, 4) is 0 Å². The lowest BCUT2D eigenvalue weighted by molar-refractivity contribution is 0.256. The number of hydrogen-bond acceptors (Lipinski definition) is 3. The zero-order chi connectivity index (χ0) is 10.2. The monoisotopic (exact) mass is 200 g/mol. The van der Waals surface area contributed by atoms with Crippen LogP contribution >= 0.6 is 0 Å². The molecule has 3 nitrogen and oxygen atoms in total. The molecular weight excluding hydrogens is 176 g/mol. The number of likely N-dealkylation sites (tertiary alicyclic amines) is 1. The van der Waals surface area contributed by atoms with Crippen LogP contribution in [0.2, 0.25) is 0 Å². The molecule has 1 unspecified atom stereocenters. The molecule has 0 aromatic heterocycles. The van der Waals surface area contributed by atoms with E-state index in [2.05, 4.69) is 17.1 Å². The van der Waals surface area contributed by atoms with Gasteiger partial charge in [-0.2, -0.15) is 0 Å². The van der Waals surface area contributed by atoms with Crippen molar-refractivity contribution >= 4 is 0 Å². The van der Waals surface area contributed by atoms with Gasteiger partial charge in [-0.3, -0.25) is 0 Å². The molecule has 0 spiro atoms. The van der Waals surface area contributed by atoms with Crippen LogP contribution in [0.1, 0.15) is 32.6 Å². The number of rotatable bonds is 7. The molecule has 1 heterocycles. The smallest absolute Gasteiger partial charge is 0.0445 e. The van der Waals surface area contributed by atoms with Gasteiger partial charge in [0, 0.05) is 25.7 Å². The van der Waals surface area contributed by atoms with Gasteiger partial charge >= 0.3 is 0 Å². The second kappa shape index (κ2) is 7.21. The molecule has 0 aliphatic carbocycles. The normalized spacial score (nSPS) is 20.1. The molecule has 0 bridgehead atoms. The maximum atomic E-state index is 8.83. The minimum atomic E-state index is 0.301. The molecule has 0 aromatic carbocycles. The van der Waals surface area contributed by atoms with Crippen LogP contribution in [-0.4, -0.2) is 48.8 Å². The summed E-state index contributed by atoms with van der Waals surface area (Å²) < 4.78 is 0. The molecule has 3 heteroatoms. The van der Waals surface area contributed by atoms with Gasteiger partial charge in [-0.15, -0.1) is 0 Å². The van der Waals surface area contributed by atoms with Crippen LogP contribution in [0.5, 0.6) is 0 Å². The van der Waals surface area contributed by atoms with E-state index >= 15 is 0 Å². The fourth-order valence-corrected chi connectivity index (χ4v) is 2.04. The van der Waals surface area contributed by atoms with Gasteiger partial charge in [-0.05, 0) is 38.8 Å². The molecule has 84 valence electrons. The number of aliphatic hydroxyl groups is 1. The van der Waals surface area contributed by atoms with Gasteiger partial charge in [-0.25, -0.2) is 0 Å². The molecule has 0 aromatic rings. The van der Waals surface area contributed by atoms with Crippen molar-refractivity contribution in [3.05, 3.63) is 0 Å². The number of hydrogen-bond donors (Lipinski definition) is 2. The Morgan fingerprint density at radius 3 is 2.64 bits per heavy atom. The average Bonchev–Trinajstić information content (AvgIpc) is 2.69. The number of nitrogens with one attached hydrogen (secondary N) is 1. The second-order valence-corrected chi connectivity index (χ2v) is 4.12. The molecule has 0 radical (unpaired) electrons. The van der Waals surface area contributed by atoms with E-state index in [0.29, 0.717) is 12.6 Å². The third kappa shape index (κ3) is 4.40. The Morgan fingerprint density at radius 1 is 1.36 bits per heavy atom. The van der Waals surface area contributed by atoms with Gasteiger partial charge in [-0.1, -0.05) is 6.92 Å². The second-order valence-electron chi connectivity index (χ2n) is 4.12. The van der Waals surface area contributed by atoms with Crippen molar-refractivity contribution in [3.63, 3.8) is 0 Å². The van der Waals surface area contributed by atoms with E-state index in [-0.39, 0.29) is 0 Å². The lowest BCUT2D eigenvalue weighted by Crippen LogP contribution is -2.36. The molecule has 0 saturated carbocycles. The first-order valence-electron chi connectivity index (χ1n) is 5.93. The molecule has 1 rings (SSSR count). The molecule has 14 heavy (non-hydrogen) atoms. The third-order valence-corrected chi connectivity index (χ3v) is 3.03. The van der Waals surface area contributed by atoms with Gasteiger partial charge in [0.25, 0.3) is 0 Å². The summed E-state index contributed by atoms with van der Waals surface area (Å²) >= 11 is 0. The van der Waals surface area contributed by atoms with Crippen LogP contribution in [0.15, 0.2) is 0 Å². The van der Waals surface area contributed by atoms with Crippen LogP contribution < -0.4 is 5.32 Å². The van der Waals surface area contributed by atoms with Crippen molar-refractivity contribution in [2.24, 2.45) is 0 Å². The molecule has 1 fully saturated rings. The highest BCUT2D eigenvalue weighted by molar-refractivity contribution is 4.69. The highest BCUT2D eigenvalue weighted by Gasteiger charge is 2.11. The van der Waals surface area contributed by atoms with Gasteiger partial charge < -0.3 is 15.3 Å². The van der Waals surface area contributed by atoms with Crippen molar-refractivity contribution < 1.29 is 5.11 Å². The lowest BCUT2D eigenvalue weighted by Gasteiger charge is -2.19. The first-order chi connectivity index (χ1) is 6.86. The maximum Gasteiger partial charge on any atom is 0.0445 e. The summed E-state index contributed by atoms with van der Waals surface area (Å²) in [7, 11) is 0. The average molecular weight is 200 g/mol. The summed E-state index contributed by atoms with van der Waals surface area (Å²) in [6, 6.07) is 0.502. The van der Waals surface area contributed by atoms with E-state index in [4.69, 9.17) is 5.11 Å². The van der Waals surface area contributed by atoms with E-state index in [1.165, 1.54) is 32.5 Å². The zero-order valence-electron chi connectivity index (χ0n) is 9.34. The molecule has 1 aliphatic heterocycles. The third-order valence-electron chi connectivity index (χ3n) is 3.03. The molecule has 1 atom stereocenters. The maximum absolute atomic E-state index is 8.83. The minimum absolute atomic E-state index is 0.301. The van der Waals surface area contributed by atoms with Crippen LogP contribution in [0.3, 0.4) is 0 Å². The predicted molar refractivity (Wildman–Crippen MR) is 59.5 cm³/mol. The molecule has 1 aliphatic rings. The van der Waals surface area contributed by atoms with Crippen molar-refractivity contribution in [2.75, 3.05) is 32.8 Å². The van der Waals surface area contributed by atoms with Crippen molar-refractivity contribution in [1.29, 1.82) is 0 Å². The van der Waals surface area contributed by atoms with E-state index in [0.717, 1.165) is 19.4 Å². The van der Waals surface area contributed by atoms with Crippen LogP contribution in [0.4, 0.5) is 0 Å².